The Morgan fingerprint density at radius 1 is 1.47 bits per heavy atom. The van der Waals surface area contributed by atoms with Gasteiger partial charge in [-0.1, -0.05) is 0 Å². The first-order chi connectivity index (χ1) is 7.70. The molecule has 1 unspecified atom stereocenters. The highest BCUT2D eigenvalue weighted by molar-refractivity contribution is 5.87. The van der Waals surface area contributed by atoms with Gasteiger partial charge >= 0.3 is 6.09 Å². The van der Waals surface area contributed by atoms with E-state index in [1.165, 1.54) is 0 Å². The van der Waals surface area contributed by atoms with E-state index in [-0.39, 0.29) is 11.9 Å². The molecule has 0 saturated carbocycles. The highest BCUT2D eigenvalue weighted by Gasteiger charge is 2.34. The minimum absolute atomic E-state index is 0.0224. The first-order valence-corrected chi connectivity index (χ1v) is 6.00. The van der Waals surface area contributed by atoms with Crippen LogP contribution in [-0.4, -0.2) is 41.1 Å². The van der Waals surface area contributed by atoms with Gasteiger partial charge in [-0.25, -0.2) is 4.79 Å². The molecule has 17 heavy (non-hydrogen) atoms. The molecule has 0 aliphatic carbocycles. The van der Waals surface area contributed by atoms with E-state index < -0.39 is 17.7 Å². The van der Waals surface area contributed by atoms with Crippen LogP contribution in [0.1, 0.15) is 41.0 Å². The molecule has 1 saturated heterocycles. The number of hydrogen-bond donors (Lipinski definition) is 1. The third kappa shape index (κ3) is 3.91. The van der Waals surface area contributed by atoms with Crippen molar-refractivity contribution in [1.82, 2.24) is 10.2 Å². The maximum atomic E-state index is 11.9. The predicted molar refractivity (Wildman–Crippen MR) is 64.6 cm³/mol. The van der Waals surface area contributed by atoms with Gasteiger partial charge in [0, 0.05) is 12.6 Å². The topological polar surface area (TPSA) is 58.6 Å². The molecule has 1 aliphatic rings. The Hall–Kier alpha value is -1.26. The number of carbonyl (C=O) groups excluding carboxylic acids is 2. The first-order valence-electron chi connectivity index (χ1n) is 6.00. The van der Waals surface area contributed by atoms with Gasteiger partial charge in [0.2, 0.25) is 5.91 Å². The lowest BCUT2D eigenvalue weighted by molar-refractivity contribution is -0.130. The van der Waals surface area contributed by atoms with Crippen molar-refractivity contribution < 1.29 is 14.3 Å². The van der Waals surface area contributed by atoms with Crippen LogP contribution in [-0.2, 0) is 9.53 Å². The van der Waals surface area contributed by atoms with Crippen LogP contribution in [0.3, 0.4) is 0 Å². The van der Waals surface area contributed by atoms with E-state index in [2.05, 4.69) is 5.32 Å². The molecule has 1 N–H and O–H groups in total. The zero-order valence-electron chi connectivity index (χ0n) is 11.2. The number of carbonyl (C=O) groups is 2. The van der Waals surface area contributed by atoms with Crippen molar-refractivity contribution in [2.75, 3.05) is 6.54 Å². The Morgan fingerprint density at radius 2 is 2.06 bits per heavy atom. The summed E-state index contributed by atoms with van der Waals surface area (Å²) in [7, 11) is 0. The second-order valence-electron chi connectivity index (χ2n) is 5.61. The van der Waals surface area contributed by atoms with E-state index in [4.69, 9.17) is 4.74 Å². The quantitative estimate of drug-likeness (QED) is 0.798. The average Bonchev–Trinajstić information content (AvgIpc) is 2.44. The van der Waals surface area contributed by atoms with Crippen LogP contribution in [0.15, 0.2) is 0 Å². The maximum absolute atomic E-state index is 11.9. The van der Waals surface area contributed by atoms with Crippen LogP contribution in [0.2, 0.25) is 0 Å². The summed E-state index contributed by atoms with van der Waals surface area (Å²) in [5.74, 6) is -0.0224. The molecule has 1 fully saturated rings. The molecule has 0 bridgehead atoms. The molecular formula is C12H22N2O3. The maximum Gasteiger partial charge on any atom is 0.408 e. The lowest BCUT2D eigenvalue weighted by atomic mass is 10.2. The average molecular weight is 242 g/mol. The third-order valence-corrected chi connectivity index (χ3v) is 2.55. The van der Waals surface area contributed by atoms with Crippen LogP contribution in [0.4, 0.5) is 4.79 Å². The van der Waals surface area contributed by atoms with Crippen molar-refractivity contribution in [1.29, 1.82) is 0 Å². The van der Waals surface area contributed by atoms with Crippen molar-refractivity contribution in [3.63, 3.8) is 0 Å². The number of nitrogens with one attached hydrogen (secondary N) is 1. The van der Waals surface area contributed by atoms with Crippen molar-refractivity contribution in [3.8, 4) is 0 Å². The predicted octanol–water partition coefficient (Wildman–Crippen LogP) is 1.52. The Labute approximate surface area is 102 Å². The molecule has 0 aromatic carbocycles. The lowest BCUT2D eigenvalue weighted by Crippen LogP contribution is -2.45. The van der Waals surface area contributed by atoms with Crippen LogP contribution in [0.5, 0.6) is 0 Å². The molecule has 5 heteroatoms. The van der Waals surface area contributed by atoms with Crippen molar-refractivity contribution in [2.24, 2.45) is 0 Å². The van der Waals surface area contributed by atoms with E-state index in [1.807, 2.05) is 13.8 Å². The number of ether oxygens (including phenoxy) is 1. The second-order valence-corrected chi connectivity index (χ2v) is 5.61. The van der Waals surface area contributed by atoms with E-state index in [0.717, 1.165) is 0 Å². The fourth-order valence-electron chi connectivity index (χ4n) is 1.80. The van der Waals surface area contributed by atoms with E-state index in [9.17, 15) is 9.59 Å². The van der Waals surface area contributed by atoms with Gasteiger partial charge in [0.25, 0.3) is 0 Å². The minimum atomic E-state index is -0.538. The summed E-state index contributed by atoms with van der Waals surface area (Å²) in [6.07, 6.45) is 0.123. The summed E-state index contributed by atoms with van der Waals surface area (Å²) in [6, 6.07) is -0.264. The molecule has 1 rings (SSSR count). The van der Waals surface area contributed by atoms with E-state index >= 15 is 0 Å². The molecule has 0 radical (unpaired) electrons. The van der Waals surface area contributed by atoms with Crippen LogP contribution in [0.25, 0.3) is 0 Å². The highest BCUT2D eigenvalue weighted by Crippen LogP contribution is 2.15. The molecule has 1 heterocycles. The Kier molecular flexibility index (Phi) is 4.01. The van der Waals surface area contributed by atoms with Gasteiger partial charge in [-0.2, -0.15) is 0 Å². The Morgan fingerprint density at radius 3 is 2.47 bits per heavy atom. The van der Waals surface area contributed by atoms with Crippen LogP contribution in [0, 0.1) is 0 Å². The van der Waals surface area contributed by atoms with Gasteiger partial charge in [-0.3, -0.25) is 4.79 Å². The summed E-state index contributed by atoms with van der Waals surface area (Å²) < 4.78 is 5.12. The SMILES string of the molecule is CC(C)N1CCC(NC(=O)OC(C)(C)C)C1=O. The minimum Gasteiger partial charge on any atom is -0.444 e. The normalized spacial score (nSPS) is 20.9. The smallest absolute Gasteiger partial charge is 0.408 e. The zero-order chi connectivity index (χ0) is 13.2. The Bertz CT molecular complexity index is 307. The Balaban J connectivity index is 2.49. The number of nitrogens with zero attached hydrogens (tertiary/aromatic N) is 1. The summed E-state index contributed by atoms with van der Waals surface area (Å²) in [5, 5.41) is 2.62. The molecular weight excluding hydrogens is 220 g/mol. The summed E-state index contributed by atoms with van der Waals surface area (Å²) in [5.41, 5.74) is -0.538. The molecule has 98 valence electrons. The third-order valence-electron chi connectivity index (χ3n) is 2.55. The number of hydrogen-bond acceptors (Lipinski definition) is 3. The fourth-order valence-corrected chi connectivity index (χ4v) is 1.80. The molecule has 0 aromatic heterocycles. The van der Waals surface area contributed by atoms with E-state index in [0.29, 0.717) is 13.0 Å². The molecule has 1 atom stereocenters. The molecule has 1 aliphatic heterocycles. The fraction of sp³-hybridized carbons (Fsp3) is 0.833. The van der Waals surface area contributed by atoms with Gasteiger partial charge in [0.1, 0.15) is 11.6 Å². The summed E-state index contributed by atoms with van der Waals surface area (Å²) in [4.78, 5) is 25.2. The standard InChI is InChI=1S/C12H22N2O3/c1-8(2)14-7-6-9(10(14)15)13-11(16)17-12(3,4)5/h8-9H,6-7H2,1-5H3,(H,13,16). The number of alkyl carbamates (subject to hydrolysis) is 1. The number of rotatable bonds is 2. The molecule has 0 spiro atoms. The van der Waals surface area contributed by atoms with Crippen LogP contribution < -0.4 is 5.32 Å². The lowest BCUT2D eigenvalue weighted by Gasteiger charge is -2.23. The van der Waals surface area contributed by atoms with Crippen molar-refractivity contribution >= 4 is 12.0 Å². The molecule has 2 amide bonds. The second kappa shape index (κ2) is 4.94. The largest absolute Gasteiger partial charge is 0.444 e. The zero-order valence-corrected chi connectivity index (χ0v) is 11.2. The molecule has 0 aromatic rings. The number of likely N-dealkylation sites (tertiary alicyclic amines) is 1. The van der Waals surface area contributed by atoms with Gasteiger partial charge in [-0.05, 0) is 41.0 Å². The monoisotopic (exact) mass is 242 g/mol. The van der Waals surface area contributed by atoms with Gasteiger partial charge in [0.15, 0.2) is 0 Å². The van der Waals surface area contributed by atoms with Crippen molar-refractivity contribution in [2.45, 2.75) is 58.7 Å². The first kappa shape index (κ1) is 13.8. The van der Waals surface area contributed by atoms with Gasteiger partial charge in [0.05, 0.1) is 0 Å². The highest BCUT2D eigenvalue weighted by atomic mass is 16.6. The van der Waals surface area contributed by atoms with Crippen LogP contribution >= 0.6 is 0 Å². The van der Waals surface area contributed by atoms with Gasteiger partial charge < -0.3 is 15.0 Å². The summed E-state index contributed by atoms with van der Waals surface area (Å²) in [6.45, 7) is 10.0. The van der Waals surface area contributed by atoms with Gasteiger partial charge in [-0.15, -0.1) is 0 Å². The number of amides is 2. The summed E-state index contributed by atoms with van der Waals surface area (Å²) >= 11 is 0. The van der Waals surface area contributed by atoms with Crippen molar-refractivity contribution in [3.05, 3.63) is 0 Å². The van der Waals surface area contributed by atoms with E-state index in [1.54, 1.807) is 25.7 Å². The molecule has 5 nitrogen and oxygen atoms in total.